The largest absolute Gasteiger partial charge is 0.481 e. The van der Waals surface area contributed by atoms with Crippen LogP contribution in [0.4, 0.5) is 4.79 Å². The number of oxazole rings is 1. The number of carboxylic acids is 1. The molecule has 0 aromatic carbocycles. The number of amides is 2. The van der Waals surface area contributed by atoms with Crippen molar-refractivity contribution in [3.63, 3.8) is 0 Å². The third-order valence-electron chi connectivity index (χ3n) is 3.47. The van der Waals surface area contributed by atoms with E-state index in [2.05, 4.69) is 10.3 Å². The predicted molar refractivity (Wildman–Crippen MR) is 70.0 cm³/mol. The highest BCUT2D eigenvalue weighted by Crippen LogP contribution is 2.17. The second-order valence-electron chi connectivity index (χ2n) is 4.83. The highest BCUT2D eigenvalue weighted by atomic mass is 16.4. The van der Waals surface area contributed by atoms with Crippen LogP contribution in [0.25, 0.3) is 0 Å². The molecular weight excluding hydrogens is 262 g/mol. The summed E-state index contributed by atoms with van der Waals surface area (Å²) in [6.07, 6.45) is 3.42. The van der Waals surface area contributed by atoms with E-state index in [1.165, 1.54) is 0 Å². The Bertz CT molecular complexity index is 478. The Kier molecular flexibility index (Phi) is 4.60. The van der Waals surface area contributed by atoms with Gasteiger partial charge in [-0.25, -0.2) is 9.78 Å². The number of hydrogen-bond acceptors (Lipinski definition) is 4. The number of nitrogens with zero attached hydrogens (tertiary/aromatic N) is 2. The van der Waals surface area contributed by atoms with Crippen molar-refractivity contribution in [2.75, 3.05) is 13.1 Å². The normalized spacial score (nSPS) is 16.1. The summed E-state index contributed by atoms with van der Waals surface area (Å²) in [5, 5.41) is 11.6. The van der Waals surface area contributed by atoms with E-state index in [1.54, 1.807) is 11.1 Å². The first-order valence-electron chi connectivity index (χ1n) is 6.79. The fraction of sp³-hybridized carbons (Fsp3) is 0.615. The lowest BCUT2D eigenvalue weighted by Gasteiger charge is -2.29. The van der Waals surface area contributed by atoms with Crippen molar-refractivity contribution in [3.05, 3.63) is 17.8 Å². The molecule has 1 aromatic rings. The second-order valence-corrected chi connectivity index (χ2v) is 4.83. The number of aryl methyl sites for hydroxylation is 1. The van der Waals surface area contributed by atoms with Gasteiger partial charge < -0.3 is 19.7 Å². The van der Waals surface area contributed by atoms with Crippen LogP contribution >= 0.6 is 0 Å². The Balaban J connectivity index is 1.77. The first-order chi connectivity index (χ1) is 9.60. The minimum atomic E-state index is -0.781. The van der Waals surface area contributed by atoms with E-state index in [0.717, 1.165) is 12.2 Å². The van der Waals surface area contributed by atoms with Gasteiger partial charge >= 0.3 is 12.0 Å². The summed E-state index contributed by atoms with van der Waals surface area (Å²) in [6, 6.07) is -0.204. The Hall–Kier alpha value is -2.05. The number of piperidine rings is 1. The number of likely N-dealkylation sites (tertiary alicyclic amines) is 1. The van der Waals surface area contributed by atoms with Crippen LogP contribution in [0, 0.1) is 5.92 Å². The monoisotopic (exact) mass is 281 g/mol. The van der Waals surface area contributed by atoms with E-state index < -0.39 is 5.97 Å². The number of carbonyl (C=O) groups excluding carboxylic acids is 1. The molecule has 0 spiro atoms. The zero-order chi connectivity index (χ0) is 14.5. The van der Waals surface area contributed by atoms with E-state index in [9.17, 15) is 9.59 Å². The van der Waals surface area contributed by atoms with Crippen molar-refractivity contribution in [1.29, 1.82) is 0 Å². The average Bonchev–Trinajstić information content (AvgIpc) is 2.93. The molecule has 1 aliphatic heterocycles. The van der Waals surface area contributed by atoms with Gasteiger partial charge in [-0.3, -0.25) is 4.79 Å². The molecule has 7 heteroatoms. The van der Waals surface area contributed by atoms with E-state index in [-0.39, 0.29) is 18.5 Å². The molecule has 2 rings (SSSR count). The number of urea groups is 1. The summed E-state index contributed by atoms with van der Waals surface area (Å²) in [4.78, 5) is 28.4. The molecule has 1 aliphatic rings. The SMILES string of the molecule is CCc1cnc(CNC(=O)N2CCC(C(=O)O)CC2)o1. The molecule has 2 amide bonds. The first kappa shape index (κ1) is 14.4. The lowest BCUT2D eigenvalue weighted by molar-refractivity contribution is -0.143. The van der Waals surface area contributed by atoms with Crippen molar-refractivity contribution >= 4 is 12.0 Å². The molecule has 0 atom stereocenters. The van der Waals surface area contributed by atoms with Crippen molar-refractivity contribution in [3.8, 4) is 0 Å². The van der Waals surface area contributed by atoms with Crippen LogP contribution in [-0.2, 0) is 17.8 Å². The number of aromatic nitrogens is 1. The molecular formula is C13H19N3O4. The van der Waals surface area contributed by atoms with Gasteiger partial charge in [0.2, 0.25) is 5.89 Å². The van der Waals surface area contributed by atoms with Crippen molar-refractivity contribution in [2.24, 2.45) is 5.92 Å². The molecule has 1 fully saturated rings. The molecule has 0 bridgehead atoms. The van der Waals surface area contributed by atoms with Crippen LogP contribution in [0.3, 0.4) is 0 Å². The van der Waals surface area contributed by atoms with Crippen molar-refractivity contribution < 1.29 is 19.1 Å². The molecule has 110 valence electrons. The quantitative estimate of drug-likeness (QED) is 0.865. The van der Waals surface area contributed by atoms with Gasteiger partial charge in [-0.2, -0.15) is 0 Å². The number of hydrogen-bond donors (Lipinski definition) is 2. The molecule has 0 aliphatic carbocycles. The zero-order valence-electron chi connectivity index (χ0n) is 11.5. The predicted octanol–water partition coefficient (Wildman–Crippen LogP) is 1.24. The maximum absolute atomic E-state index is 11.9. The third kappa shape index (κ3) is 3.49. The average molecular weight is 281 g/mol. The molecule has 20 heavy (non-hydrogen) atoms. The van der Waals surface area contributed by atoms with Crippen LogP contribution in [0.5, 0.6) is 0 Å². The summed E-state index contributed by atoms with van der Waals surface area (Å²) in [5.41, 5.74) is 0. The van der Waals surface area contributed by atoms with Crippen LogP contribution in [0.1, 0.15) is 31.4 Å². The minimum Gasteiger partial charge on any atom is -0.481 e. The number of aliphatic carboxylic acids is 1. The van der Waals surface area contributed by atoms with Crippen LogP contribution < -0.4 is 5.32 Å². The van der Waals surface area contributed by atoms with Gasteiger partial charge in [0.1, 0.15) is 5.76 Å². The highest BCUT2D eigenvalue weighted by molar-refractivity contribution is 5.75. The van der Waals surface area contributed by atoms with Crippen LogP contribution in [0.2, 0.25) is 0 Å². The maximum atomic E-state index is 11.9. The lowest BCUT2D eigenvalue weighted by atomic mass is 9.97. The van der Waals surface area contributed by atoms with Gasteiger partial charge in [0.05, 0.1) is 18.7 Å². The van der Waals surface area contributed by atoms with E-state index in [0.29, 0.717) is 31.8 Å². The van der Waals surface area contributed by atoms with Gasteiger partial charge in [0.25, 0.3) is 0 Å². The molecule has 1 saturated heterocycles. The van der Waals surface area contributed by atoms with E-state index in [1.807, 2.05) is 6.92 Å². The first-order valence-corrected chi connectivity index (χ1v) is 6.79. The Labute approximate surface area is 117 Å². The number of carbonyl (C=O) groups is 2. The molecule has 2 heterocycles. The molecule has 0 radical (unpaired) electrons. The molecule has 0 saturated carbocycles. The Morgan fingerprint density at radius 3 is 2.75 bits per heavy atom. The summed E-state index contributed by atoms with van der Waals surface area (Å²) in [5.74, 6) is 0.155. The standard InChI is InChI=1S/C13H19N3O4/c1-2-10-7-14-11(20-10)8-15-13(19)16-5-3-9(4-6-16)12(17)18/h7,9H,2-6,8H2,1H3,(H,15,19)(H,17,18). The topological polar surface area (TPSA) is 95.7 Å². The number of rotatable bonds is 4. The molecule has 7 nitrogen and oxygen atoms in total. The Morgan fingerprint density at radius 1 is 1.50 bits per heavy atom. The third-order valence-corrected chi connectivity index (χ3v) is 3.47. The maximum Gasteiger partial charge on any atom is 0.317 e. The highest BCUT2D eigenvalue weighted by Gasteiger charge is 2.26. The van der Waals surface area contributed by atoms with Crippen LogP contribution in [0.15, 0.2) is 10.6 Å². The summed E-state index contributed by atoms with van der Waals surface area (Å²) in [7, 11) is 0. The van der Waals surface area contributed by atoms with Gasteiger partial charge in [-0.15, -0.1) is 0 Å². The fourth-order valence-electron chi connectivity index (χ4n) is 2.19. The summed E-state index contributed by atoms with van der Waals surface area (Å²) >= 11 is 0. The van der Waals surface area contributed by atoms with Crippen molar-refractivity contribution in [1.82, 2.24) is 15.2 Å². The number of carboxylic acid groups (broad SMARTS) is 1. The van der Waals surface area contributed by atoms with E-state index in [4.69, 9.17) is 9.52 Å². The summed E-state index contributed by atoms with van der Waals surface area (Å²) < 4.78 is 5.40. The molecule has 2 N–H and O–H groups in total. The van der Waals surface area contributed by atoms with Gasteiger partial charge in [0, 0.05) is 19.5 Å². The van der Waals surface area contributed by atoms with Gasteiger partial charge in [-0.1, -0.05) is 6.92 Å². The molecule has 0 unspecified atom stereocenters. The van der Waals surface area contributed by atoms with Gasteiger partial charge in [0.15, 0.2) is 0 Å². The molecule has 1 aromatic heterocycles. The second kappa shape index (κ2) is 6.40. The zero-order valence-corrected chi connectivity index (χ0v) is 11.5. The smallest absolute Gasteiger partial charge is 0.317 e. The van der Waals surface area contributed by atoms with Crippen LogP contribution in [-0.4, -0.2) is 40.1 Å². The Morgan fingerprint density at radius 2 is 2.20 bits per heavy atom. The van der Waals surface area contributed by atoms with Crippen molar-refractivity contribution in [2.45, 2.75) is 32.7 Å². The minimum absolute atomic E-state index is 0.204. The summed E-state index contributed by atoms with van der Waals surface area (Å²) in [6.45, 7) is 3.15. The lowest BCUT2D eigenvalue weighted by Crippen LogP contribution is -2.45. The van der Waals surface area contributed by atoms with E-state index >= 15 is 0 Å². The van der Waals surface area contributed by atoms with Gasteiger partial charge in [-0.05, 0) is 12.8 Å². The fourth-order valence-corrected chi connectivity index (χ4v) is 2.19. The number of nitrogens with one attached hydrogen (secondary N) is 1.